The molecule has 1 saturated heterocycles. The molecule has 2 rings (SSSR count). The number of carbonyl (C=O) groups is 1. The molecule has 0 radical (unpaired) electrons. The molecule has 5 nitrogen and oxygen atoms in total. The monoisotopic (exact) mass is 317 g/mol. The van der Waals surface area contributed by atoms with E-state index in [-0.39, 0.29) is 23.2 Å². The van der Waals surface area contributed by atoms with Crippen LogP contribution in [0.2, 0.25) is 0 Å². The van der Waals surface area contributed by atoms with Crippen molar-refractivity contribution in [3.8, 4) is 5.75 Å². The van der Waals surface area contributed by atoms with Crippen LogP contribution in [0.1, 0.15) is 27.2 Å². The highest BCUT2D eigenvalue weighted by molar-refractivity contribution is 5.80. The lowest BCUT2D eigenvalue weighted by Crippen LogP contribution is -2.43. The Hall–Kier alpha value is -1.99. The summed E-state index contributed by atoms with van der Waals surface area (Å²) in [6, 6.07) is 2.46. The Kier molecular flexibility index (Phi) is 4.21. The largest absolute Gasteiger partial charge is 0.573 e. The van der Waals surface area contributed by atoms with Gasteiger partial charge >= 0.3 is 6.36 Å². The van der Waals surface area contributed by atoms with Crippen LogP contribution >= 0.6 is 0 Å². The molecule has 0 aliphatic carbocycles. The molecule has 0 saturated carbocycles. The minimum atomic E-state index is -4.73. The summed E-state index contributed by atoms with van der Waals surface area (Å²) in [7, 11) is 0. The van der Waals surface area contributed by atoms with E-state index in [2.05, 4.69) is 15.0 Å². The summed E-state index contributed by atoms with van der Waals surface area (Å²) in [4.78, 5) is 17.6. The zero-order valence-corrected chi connectivity index (χ0v) is 12.6. The van der Waals surface area contributed by atoms with Crippen molar-refractivity contribution in [3.63, 3.8) is 0 Å². The molecule has 2 heterocycles. The summed E-state index contributed by atoms with van der Waals surface area (Å²) in [5.41, 5.74) is -0.259. The van der Waals surface area contributed by atoms with Crippen LogP contribution in [0.4, 0.5) is 19.0 Å². The number of nitrogens with one attached hydrogen (secondary N) is 1. The number of halogens is 3. The number of aromatic nitrogens is 1. The summed E-state index contributed by atoms with van der Waals surface area (Å²) in [6.45, 7) is 6.39. The maximum Gasteiger partial charge on any atom is 0.573 e. The number of nitrogens with zero attached hydrogens (tertiary/aromatic N) is 2. The Bertz CT molecular complexity index is 538. The van der Waals surface area contributed by atoms with Crippen LogP contribution in [0.5, 0.6) is 5.75 Å². The van der Waals surface area contributed by atoms with Gasteiger partial charge < -0.3 is 15.0 Å². The van der Waals surface area contributed by atoms with E-state index in [0.29, 0.717) is 18.8 Å². The molecule has 122 valence electrons. The number of anilines is 1. The number of carbonyl (C=O) groups excluding carboxylic acids is 1. The molecule has 0 bridgehead atoms. The highest BCUT2D eigenvalue weighted by atomic mass is 19.4. The number of pyridine rings is 1. The summed E-state index contributed by atoms with van der Waals surface area (Å²) in [6.07, 6.45) is -3.41. The first-order valence-electron chi connectivity index (χ1n) is 6.83. The molecule has 1 N–H and O–H groups in total. The molecule has 1 aromatic rings. The van der Waals surface area contributed by atoms with Crippen LogP contribution in [0.3, 0.4) is 0 Å². The van der Waals surface area contributed by atoms with Gasteiger partial charge in [0.2, 0.25) is 5.91 Å². The standard InChI is InChI=1S/C14H18F3N3O2/c1-13(2,3)20-8-9(6-12(20)21)19-11-5-4-10(7-18-11)22-14(15,16)17/h4-5,7,9H,6,8H2,1-3H3,(H,18,19). The lowest BCUT2D eigenvalue weighted by atomic mass is 10.1. The van der Waals surface area contributed by atoms with Gasteiger partial charge in [0, 0.05) is 18.5 Å². The van der Waals surface area contributed by atoms with Crippen LogP contribution in [0.25, 0.3) is 0 Å². The van der Waals surface area contributed by atoms with Crippen LogP contribution in [-0.2, 0) is 4.79 Å². The molecule has 1 aliphatic heterocycles. The van der Waals surface area contributed by atoms with Gasteiger partial charge in [-0.3, -0.25) is 4.79 Å². The average molecular weight is 317 g/mol. The van der Waals surface area contributed by atoms with Crippen molar-refractivity contribution >= 4 is 11.7 Å². The first-order chi connectivity index (χ1) is 10.0. The van der Waals surface area contributed by atoms with Gasteiger partial charge in [-0.15, -0.1) is 13.2 Å². The van der Waals surface area contributed by atoms with Crippen molar-refractivity contribution in [2.75, 3.05) is 11.9 Å². The molecule has 0 aromatic carbocycles. The van der Waals surface area contributed by atoms with Gasteiger partial charge in [-0.05, 0) is 32.9 Å². The maximum absolute atomic E-state index is 12.1. The second-order valence-electron chi connectivity index (χ2n) is 6.15. The van der Waals surface area contributed by atoms with E-state index >= 15 is 0 Å². The van der Waals surface area contributed by atoms with Crippen molar-refractivity contribution in [2.45, 2.75) is 45.1 Å². The number of likely N-dealkylation sites (tertiary alicyclic amines) is 1. The predicted molar refractivity (Wildman–Crippen MR) is 74.4 cm³/mol. The highest BCUT2D eigenvalue weighted by Crippen LogP contribution is 2.25. The van der Waals surface area contributed by atoms with E-state index in [9.17, 15) is 18.0 Å². The number of hydrogen-bond donors (Lipinski definition) is 1. The van der Waals surface area contributed by atoms with E-state index < -0.39 is 6.36 Å². The smallest absolute Gasteiger partial charge is 0.404 e. The molecule has 1 fully saturated rings. The zero-order valence-electron chi connectivity index (χ0n) is 12.6. The first kappa shape index (κ1) is 16.4. The van der Waals surface area contributed by atoms with Crippen LogP contribution in [0.15, 0.2) is 18.3 Å². The fourth-order valence-electron chi connectivity index (χ4n) is 2.32. The molecule has 1 aliphatic rings. The predicted octanol–water partition coefficient (Wildman–Crippen LogP) is 2.79. The van der Waals surface area contributed by atoms with E-state index in [1.54, 1.807) is 4.90 Å². The fourth-order valence-corrected chi connectivity index (χ4v) is 2.32. The number of alkyl halides is 3. The SMILES string of the molecule is CC(C)(C)N1CC(Nc2ccc(OC(F)(F)F)cn2)CC1=O. The van der Waals surface area contributed by atoms with Crippen molar-refractivity contribution in [2.24, 2.45) is 0 Å². The average Bonchev–Trinajstić information content (AvgIpc) is 2.71. The highest BCUT2D eigenvalue weighted by Gasteiger charge is 2.36. The van der Waals surface area contributed by atoms with Gasteiger partial charge in [0.25, 0.3) is 0 Å². The summed E-state index contributed by atoms with van der Waals surface area (Å²) in [5, 5.41) is 3.05. The van der Waals surface area contributed by atoms with Gasteiger partial charge in [-0.1, -0.05) is 0 Å². The van der Waals surface area contributed by atoms with Crippen LogP contribution < -0.4 is 10.1 Å². The normalized spacial score (nSPS) is 19.5. The maximum atomic E-state index is 12.1. The molecule has 1 atom stereocenters. The van der Waals surface area contributed by atoms with Gasteiger partial charge in [0.05, 0.1) is 12.2 Å². The fraction of sp³-hybridized carbons (Fsp3) is 0.571. The summed E-state index contributed by atoms with van der Waals surface area (Å²) < 4.78 is 39.9. The third kappa shape index (κ3) is 4.25. The van der Waals surface area contributed by atoms with E-state index in [1.165, 1.54) is 12.1 Å². The molecule has 1 unspecified atom stereocenters. The van der Waals surface area contributed by atoms with Crippen LogP contribution in [-0.4, -0.2) is 40.3 Å². The van der Waals surface area contributed by atoms with E-state index in [1.807, 2.05) is 20.8 Å². The number of amides is 1. The van der Waals surface area contributed by atoms with E-state index in [0.717, 1.165) is 6.20 Å². The van der Waals surface area contributed by atoms with Gasteiger partial charge in [-0.25, -0.2) is 4.98 Å². The Morgan fingerprint density at radius 3 is 2.45 bits per heavy atom. The number of rotatable bonds is 3. The topological polar surface area (TPSA) is 54.5 Å². The first-order valence-corrected chi connectivity index (χ1v) is 6.83. The number of hydrogen-bond acceptors (Lipinski definition) is 4. The second-order valence-corrected chi connectivity index (χ2v) is 6.15. The van der Waals surface area contributed by atoms with Gasteiger partial charge in [0.1, 0.15) is 11.6 Å². The Balaban J connectivity index is 1.96. The molecule has 1 aromatic heterocycles. The van der Waals surface area contributed by atoms with Crippen molar-refractivity contribution in [1.82, 2.24) is 9.88 Å². The van der Waals surface area contributed by atoms with Crippen molar-refractivity contribution < 1.29 is 22.7 Å². The zero-order chi connectivity index (χ0) is 16.5. The Morgan fingerprint density at radius 1 is 1.32 bits per heavy atom. The number of ether oxygens (including phenoxy) is 1. The van der Waals surface area contributed by atoms with Gasteiger partial charge in [-0.2, -0.15) is 0 Å². The molecular formula is C14H18F3N3O2. The lowest BCUT2D eigenvalue weighted by molar-refractivity contribution is -0.274. The molecule has 22 heavy (non-hydrogen) atoms. The minimum Gasteiger partial charge on any atom is -0.404 e. The van der Waals surface area contributed by atoms with Crippen LogP contribution in [0, 0.1) is 0 Å². The summed E-state index contributed by atoms with van der Waals surface area (Å²) in [5.74, 6) is 0.0713. The van der Waals surface area contributed by atoms with Crippen molar-refractivity contribution in [1.29, 1.82) is 0 Å². The van der Waals surface area contributed by atoms with Crippen molar-refractivity contribution in [3.05, 3.63) is 18.3 Å². The Labute approximate surface area is 126 Å². The molecule has 0 spiro atoms. The third-order valence-corrected chi connectivity index (χ3v) is 3.26. The van der Waals surface area contributed by atoms with E-state index in [4.69, 9.17) is 0 Å². The lowest BCUT2D eigenvalue weighted by Gasteiger charge is -2.32. The quantitative estimate of drug-likeness (QED) is 0.931. The third-order valence-electron chi connectivity index (χ3n) is 3.26. The summed E-state index contributed by atoms with van der Waals surface area (Å²) >= 11 is 0. The Morgan fingerprint density at radius 2 is 2.00 bits per heavy atom. The molecular weight excluding hydrogens is 299 g/mol. The molecule has 8 heteroatoms. The minimum absolute atomic E-state index is 0.0435. The molecule has 1 amide bonds. The van der Waals surface area contributed by atoms with Gasteiger partial charge in [0.15, 0.2) is 0 Å². The second kappa shape index (κ2) is 5.66.